The van der Waals surface area contributed by atoms with Crippen LogP contribution < -0.4 is 0 Å². The third kappa shape index (κ3) is 10.1. The highest BCUT2D eigenvalue weighted by Crippen LogP contribution is 2.51. The molecule has 0 spiro atoms. The van der Waals surface area contributed by atoms with Crippen molar-refractivity contribution in [1.82, 2.24) is 28.2 Å². The monoisotopic (exact) mass is 1500 g/mol. The highest BCUT2D eigenvalue weighted by Gasteiger charge is 2.27. The summed E-state index contributed by atoms with van der Waals surface area (Å²) in [4.78, 5) is 10.7. The van der Waals surface area contributed by atoms with E-state index < -0.39 is 0 Å². The Morgan fingerprint density at radius 2 is 0.466 bits per heavy atom. The Morgan fingerprint density at radius 3 is 0.949 bits per heavy atom. The number of nitrogens with zero attached hydrogens (tertiary/aromatic N) is 6. The fraction of sp³-hybridized carbons (Fsp3) is 0. The maximum Gasteiger partial charge on any atom is 0.0800 e. The molecule has 118 heavy (non-hydrogen) atoms. The van der Waals surface area contributed by atoms with Gasteiger partial charge in [0.2, 0.25) is 0 Å². The average Bonchev–Trinajstić information content (AvgIpc) is 1.57. The van der Waals surface area contributed by atoms with Crippen LogP contribution in [0, 0.1) is 0 Å². The van der Waals surface area contributed by atoms with Gasteiger partial charge in [0, 0.05) is 98.9 Å². The van der Waals surface area contributed by atoms with Gasteiger partial charge in [-0.2, -0.15) is 0 Å². The molecule has 0 radical (unpaired) electrons. The fourth-order valence-electron chi connectivity index (χ4n) is 19.8. The maximum atomic E-state index is 5.34. The van der Waals surface area contributed by atoms with Crippen molar-refractivity contribution in [2.75, 3.05) is 0 Å². The lowest BCUT2D eigenvalue weighted by Crippen LogP contribution is -1.95. The van der Waals surface area contributed by atoms with Gasteiger partial charge in [-0.05, 0) is 211 Å². The highest BCUT2D eigenvalue weighted by atomic mass is 15.0. The molecule has 18 aromatic carbocycles. The first-order chi connectivity index (χ1) is 58.5. The predicted molar refractivity (Wildman–Crippen MR) is 494 cm³/mol. The molecule has 0 saturated heterocycles. The molecule has 0 N–H and O–H groups in total. The van der Waals surface area contributed by atoms with Crippen molar-refractivity contribution in [3.63, 3.8) is 0 Å². The summed E-state index contributed by atoms with van der Waals surface area (Å²) >= 11 is 0. The predicted octanol–water partition coefficient (Wildman–Crippen LogP) is 29.6. The second kappa shape index (κ2) is 25.9. The van der Waals surface area contributed by atoms with E-state index in [0.29, 0.717) is 0 Å². The quantitative estimate of drug-likeness (QED) is 0.145. The first-order valence-corrected chi connectivity index (χ1v) is 40.6. The lowest BCUT2D eigenvalue weighted by molar-refractivity contribution is 1.18. The number of hydrogen-bond donors (Lipinski definition) is 0. The van der Waals surface area contributed by atoms with Crippen molar-refractivity contribution < 1.29 is 0 Å². The molecule has 0 fully saturated rings. The van der Waals surface area contributed by atoms with E-state index >= 15 is 0 Å². The van der Waals surface area contributed by atoms with Gasteiger partial charge in [0.15, 0.2) is 0 Å². The largest absolute Gasteiger partial charge is 0.309 e. The van der Waals surface area contributed by atoms with Crippen LogP contribution in [0.5, 0.6) is 0 Å². The van der Waals surface area contributed by atoms with E-state index in [1.165, 1.54) is 192 Å². The lowest BCUT2D eigenvalue weighted by atomic mass is 9.99. The second-order valence-corrected chi connectivity index (χ2v) is 31.5. The van der Waals surface area contributed by atoms with Crippen molar-refractivity contribution in [3.8, 4) is 123 Å². The summed E-state index contributed by atoms with van der Waals surface area (Å²) in [5.74, 6) is 0. The van der Waals surface area contributed by atoms with Crippen molar-refractivity contribution >= 4 is 120 Å². The molecule has 26 rings (SSSR count). The topological polar surface area (TPSA) is 45.5 Å². The van der Waals surface area contributed by atoms with Crippen LogP contribution in [0.25, 0.3) is 243 Å². The summed E-state index contributed by atoms with van der Waals surface area (Å²) in [6.45, 7) is 0. The van der Waals surface area contributed by atoms with E-state index in [1.54, 1.807) is 0 Å². The number of hydrogen-bond acceptors (Lipinski definition) is 2. The molecule has 0 amide bonds. The Hall–Kier alpha value is -15.8. The molecule has 24 aromatic rings. The Morgan fingerprint density at radius 1 is 0.153 bits per heavy atom. The van der Waals surface area contributed by atoms with Gasteiger partial charge in [0.1, 0.15) is 0 Å². The SMILES string of the molecule is c1ccc(-c2cccc(-n3c4ccccc4c4cc(-c5ccc6c(c5)c5ccccc5n6-c5cccc(-c6cc7cccc8c7c(n6)-c6ccccc6-8)c5)ccc43)c2)cc1.c1ccc(-n2c3ccc(-c4ccc5c(c4)c4ccccc4n5-c4cccc(-c5cc6cccc7c6c(n5)-c5ccccc5-7)c4)cc3c3c4ccccc4ccc32)cc1. The van der Waals surface area contributed by atoms with Crippen molar-refractivity contribution in [2.45, 2.75) is 0 Å². The van der Waals surface area contributed by atoms with Crippen LogP contribution in [-0.4, -0.2) is 28.2 Å². The van der Waals surface area contributed by atoms with E-state index in [1.807, 2.05) is 0 Å². The number of benzene rings is 18. The zero-order valence-electron chi connectivity index (χ0n) is 63.9. The molecule has 0 aliphatic heterocycles. The molecule has 6 nitrogen and oxygen atoms in total. The summed E-state index contributed by atoms with van der Waals surface area (Å²) in [5.41, 5.74) is 35.1. The van der Waals surface area contributed by atoms with Gasteiger partial charge < -0.3 is 18.3 Å². The minimum absolute atomic E-state index is 0.983. The Kier molecular flexibility index (Phi) is 14.4. The first-order valence-electron chi connectivity index (χ1n) is 40.6. The number of fused-ring (bicyclic) bond motifs is 20. The van der Waals surface area contributed by atoms with Crippen LogP contribution in [-0.2, 0) is 0 Å². The summed E-state index contributed by atoms with van der Waals surface area (Å²) in [7, 11) is 0. The molecular weight excluding hydrogens is 1430 g/mol. The van der Waals surface area contributed by atoms with Crippen LogP contribution in [0.1, 0.15) is 0 Å². The van der Waals surface area contributed by atoms with Crippen molar-refractivity contribution in [2.24, 2.45) is 0 Å². The van der Waals surface area contributed by atoms with Crippen molar-refractivity contribution in [1.29, 1.82) is 0 Å². The van der Waals surface area contributed by atoms with Gasteiger partial charge in [0.05, 0.1) is 66.9 Å². The van der Waals surface area contributed by atoms with Gasteiger partial charge >= 0.3 is 0 Å². The summed E-state index contributed by atoms with van der Waals surface area (Å²) in [5, 5.41) is 17.4. The van der Waals surface area contributed by atoms with Gasteiger partial charge in [0.25, 0.3) is 0 Å². The lowest BCUT2D eigenvalue weighted by Gasteiger charge is -2.12. The zero-order chi connectivity index (χ0) is 77.2. The molecule has 0 atom stereocenters. The molecule has 0 unspecified atom stereocenters. The van der Waals surface area contributed by atoms with Crippen LogP contribution >= 0.6 is 0 Å². The van der Waals surface area contributed by atoms with Crippen LogP contribution in [0.2, 0.25) is 0 Å². The molecule has 546 valence electrons. The van der Waals surface area contributed by atoms with Gasteiger partial charge in [-0.1, -0.05) is 279 Å². The molecule has 2 aliphatic carbocycles. The molecule has 6 heteroatoms. The fourth-order valence-corrected chi connectivity index (χ4v) is 19.8. The molecular formula is C112H68N6. The van der Waals surface area contributed by atoms with Gasteiger partial charge in [-0.15, -0.1) is 0 Å². The third-order valence-corrected chi connectivity index (χ3v) is 25.0. The molecule has 0 saturated carbocycles. The molecule has 2 aliphatic rings. The van der Waals surface area contributed by atoms with E-state index in [4.69, 9.17) is 9.97 Å². The average molecular weight is 1500 g/mol. The van der Waals surface area contributed by atoms with E-state index in [-0.39, 0.29) is 0 Å². The van der Waals surface area contributed by atoms with Gasteiger partial charge in [-0.3, -0.25) is 0 Å². The Balaban J connectivity index is 0.000000132. The Bertz CT molecular complexity index is 8380. The minimum Gasteiger partial charge on any atom is -0.309 e. The molecule has 6 aromatic heterocycles. The standard InChI is InChI=1S/C57H35N3.C55H33N3/c1-2-13-36(14-3-1)37-15-10-18-42(31-37)59-52-25-8-6-21-45(52)49-33-38(27-29-54(49)59)39-28-30-55-50(34-39)46-22-7-9-26-53(46)60(55)43-19-11-16-40(32-43)51-35-41-17-12-24-47-44-20-4-5-23-48(44)57(58-51)56(41)47;1-2-15-39(16-3-1)57-51-28-26-36(32-47(51)54-41-18-5-4-12-34(41)24-29-52(54)57)35-25-27-50-46(31-35)43-20-8-9-23-49(43)58(50)40-17-10-13-37(30-40)48-33-38-14-11-22-44-42-19-6-7-21-45(42)55(56-48)53(38)44/h1-35H;1-33H. The molecule has 0 bridgehead atoms. The minimum atomic E-state index is 0.983. The van der Waals surface area contributed by atoms with Gasteiger partial charge in [-0.25, -0.2) is 9.97 Å². The van der Waals surface area contributed by atoms with E-state index in [0.717, 1.165) is 51.0 Å². The van der Waals surface area contributed by atoms with E-state index in [9.17, 15) is 0 Å². The Labute approximate surface area is 679 Å². The number of aromatic nitrogens is 6. The zero-order valence-corrected chi connectivity index (χ0v) is 63.9. The second-order valence-electron chi connectivity index (χ2n) is 31.5. The number of para-hydroxylation sites is 4. The summed E-state index contributed by atoms with van der Waals surface area (Å²) in [6.07, 6.45) is 0. The molecule has 6 heterocycles. The highest BCUT2D eigenvalue weighted by molar-refractivity contribution is 6.23. The smallest absolute Gasteiger partial charge is 0.0800 e. The summed E-state index contributed by atoms with van der Waals surface area (Å²) < 4.78 is 9.63. The van der Waals surface area contributed by atoms with E-state index in [2.05, 4.69) is 431 Å². The van der Waals surface area contributed by atoms with Crippen molar-refractivity contribution in [3.05, 3.63) is 413 Å². The third-order valence-electron chi connectivity index (χ3n) is 25.0. The normalized spacial score (nSPS) is 12.1. The first kappa shape index (κ1) is 65.8. The van der Waals surface area contributed by atoms with Crippen LogP contribution in [0.3, 0.4) is 0 Å². The number of pyridine rings is 2. The van der Waals surface area contributed by atoms with Crippen LogP contribution in [0.4, 0.5) is 0 Å². The maximum absolute atomic E-state index is 5.34. The van der Waals surface area contributed by atoms with Crippen LogP contribution in [0.15, 0.2) is 413 Å². The number of rotatable bonds is 9. The summed E-state index contributed by atoms with van der Waals surface area (Å²) in [6, 6.07) is 150.